The molecule has 1 aromatic heterocycles. The molecule has 3 nitrogen and oxygen atoms in total. The fourth-order valence-corrected chi connectivity index (χ4v) is 2.69. The van der Waals surface area contributed by atoms with Gasteiger partial charge in [0.1, 0.15) is 17.5 Å². The van der Waals surface area contributed by atoms with Crippen LogP contribution in [0.3, 0.4) is 0 Å². The molecule has 0 unspecified atom stereocenters. The van der Waals surface area contributed by atoms with Gasteiger partial charge in [-0.2, -0.15) is 0 Å². The molecule has 2 rings (SSSR count). The van der Waals surface area contributed by atoms with Crippen molar-refractivity contribution in [3.05, 3.63) is 41.2 Å². The van der Waals surface area contributed by atoms with E-state index >= 15 is 0 Å². The Bertz CT molecular complexity index is 583. The monoisotopic (exact) mass is 406 g/mol. The lowest BCUT2D eigenvalue weighted by atomic mass is 9.96. The Morgan fingerprint density at radius 1 is 1.32 bits per heavy atom. The van der Waals surface area contributed by atoms with E-state index in [4.69, 9.17) is 16.3 Å². The molecule has 1 aliphatic rings. The first-order chi connectivity index (χ1) is 10.8. The van der Waals surface area contributed by atoms with Gasteiger partial charge in [0.2, 0.25) is 0 Å². The number of likely N-dealkylation sites (N-methyl/N-ethyl adjacent to an activating group) is 1. The number of ether oxygens (including phenoxy) is 1. The van der Waals surface area contributed by atoms with E-state index in [-0.39, 0.29) is 30.2 Å². The van der Waals surface area contributed by atoms with Gasteiger partial charge < -0.3 is 9.64 Å². The highest BCUT2D eigenvalue weighted by Gasteiger charge is 2.21. The number of rotatable bonds is 5. The predicted octanol–water partition coefficient (Wildman–Crippen LogP) is 5.67. The van der Waals surface area contributed by atoms with Crippen LogP contribution in [-0.4, -0.2) is 36.1 Å². The molecule has 1 saturated heterocycles. The maximum atomic E-state index is 6.17. The lowest BCUT2D eigenvalue weighted by Gasteiger charge is -2.19. The topological polar surface area (TPSA) is 25.4 Å². The minimum atomic E-state index is 0. The van der Waals surface area contributed by atoms with Crippen molar-refractivity contribution < 1.29 is 4.74 Å². The van der Waals surface area contributed by atoms with Gasteiger partial charge in [-0.05, 0) is 37.9 Å². The summed E-state index contributed by atoms with van der Waals surface area (Å²) in [5.41, 5.74) is 1.05. The van der Waals surface area contributed by atoms with Crippen molar-refractivity contribution in [2.24, 2.45) is 5.41 Å². The van der Waals surface area contributed by atoms with Crippen molar-refractivity contribution in [1.29, 1.82) is 0 Å². The Morgan fingerprint density at radius 2 is 2.04 bits per heavy atom. The fourth-order valence-electron chi connectivity index (χ4n) is 2.53. The maximum Gasteiger partial charge on any atom is 0.138 e. The van der Waals surface area contributed by atoms with E-state index in [9.17, 15) is 0 Å². The number of hydrogen-bond acceptors (Lipinski definition) is 3. The Labute approximate surface area is 169 Å². The van der Waals surface area contributed by atoms with Crippen LogP contribution >= 0.6 is 36.4 Å². The molecule has 0 spiro atoms. The van der Waals surface area contributed by atoms with Gasteiger partial charge in [-0.3, -0.25) is 0 Å². The minimum absolute atomic E-state index is 0. The number of likely N-dealkylation sites (tertiary alicyclic amines) is 1. The second-order valence-electron chi connectivity index (χ2n) is 7.22. The smallest absolute Gasteiger partial charge is 0.138 e. The molecule has 0 bridgehead atoms. The van der Waals surface area contributed by atoms with Crippen LogP contribution < -0.4 is 4.74 Å². The van der Waals surface area contributed by atoms with Crippen LogP contribution in [0, 0.1) is 5.41 Å². The fraction of sp³-hybridized carbons (Fsp3) is 0.526. The standard InChI is InChI=1S/C19H27ClN2O.2ClH/c1-19(2,3)10-6-5-8-15-12-17(13-21-18(15)20)23-14-16-9-7-11-22(16)4;;/h5-6,8,10,12-13,16H,7,9,11,14H2,1-4H3;2*1H/b8-5+,10-6+;;/t16-;;/m1../s1. The summed E-state index contributed by atoms with van der Waals surface area (Å²) in [6.45, 7) is 8.36. The molecule has 0 aromatic carbocycles. The summed E-state index contributed by atoms with van der Waals surface area (Å²) in [6.07, 6.45) is 12.3. The van der Waals surface area contributed by atoms with Gasteiger partial charge in [-0.1, -0.05) is 56.7 Å². The summed E-state index contributed by atoms with van der Waals surface area (Å²) in [5, 5.41) is 0.496. The maximum absolute atomic E-state index is 6.17. The minimum Gasteiger partial charge on any atom is -0.490 e. The average molecular weight is 408 g/mol. The lowest BCUT2D eigenvalue weighted by Crippen LogP contribution is -2.30. The normalized spacial score (nSPS) is 18.4. The Morgan fingerprint density at radius 3 is 2.64 bits per heavy atom. The van der Waals surface area contributed by atoms with Crippen molar-refractivity contribution in [2.75, 3.05) is 20.2 Å². The quantitative estimate of drug-likeness (QED) is 0.464. The summed E-state index contributed by atoms with van der Waals surface area (Å²) in [4.78, 5) is 6.57. The van der Waals surface area contributed by atoms with Gasteiger partial charge in [0.15, 0.2) is 0 Å². The van der Waals surface area contributed by atoms with Crippen molar-refractivity contribution in [1.82, 2.24) is 9.88 Å². The first-order valence-electron chi connectivity index (χ1n) is 8.20. The molecule has 0 aliphatic carbocycles. The van der Waals surface area contributed by atoms with Crippen LogP contribution in [0.2, 0.25) is 5.15 Å². The van der Waals surface area contributed by atoms with E-state index in [1.165, 1.54) is 12.8 Å². The van der Waals surface area contributed by atoms with Gasteiger partial charge in [0.25, 0.3) is 0 Å². The molecule has 2 heterocycles. The van der Waals surface area contributed by atoms with Crippen LogP contribution in [0.1, 0.15) is 39.2 Å². The largest absolute Gasteiger partial charge is 0.490 e. The molecule has 142 valence electrons. The highest BCUT2D eigenvalue weighted by Crippen LogP contribution is 2.22. The Hall–Kier alpha value is -0.740. The Kier molecular flexibility index (Phi) is 10.7. The third-order valence-electron chi connectivity index (χ3n) is 3.94. The number of aromatic nitrogens is 1. The van der Waals surface area contributed by atoms with Gasteiger partial charge in [-0.25, -0.2) is 4.98 Å². The van der Waals surface area contributed by atoms with Crippen LogP contribution in [0.25, 0.3) is 6.08 Å². The zero-order chi connectivity index (χ0) is 16.9. The van der Waals surface area contributed by atoms with Crippen molar-refractivity contribution >= 4 is 42.5 Å². The van der Waals surface area contributed by atoms with Gasteiger partial charge in [0, 0.05) is 11.6 Å². The highest BCUT2D eigenvalue weighted by molar-refractivity contribution is 6.30. The SMILES string of the molecule is CN1CCC[C@@H]1COc1cnc(Cl)c(/C=C/C=C/C(C)(C)C)c1.Cl.Cl. The molecule has 25 heavy (non-hydrogen) atoms. The molecule has 1 aromatic rings. The second kappa shape index (κ2) is 11.1. The second-order valence-corrected chi connectivity index (χ2v) is 7.58. The summed E-state index contributed by atoms with van der Waals surface area (Å²) in [5.74, 6) is 0.772. The van der Waals surface area contributed by atoms with Crippen LogP contribution in [0.5, 0.6) is 5.75 Å². The van der Waals surface area contributed by atoms with Crippen LogP contribution in [0.15, 0.2) is 30.5 Å². The molecular weight excluding hydrogens is 379 g/mol. The molecule has 1 atom stereocenters. The molecule has 0 amide bonds. The highest BCUT2D eigenvalue weighted by atomic mass is 35.5. The number of pyridine rings is 1. The summed E-state index contributed by atoms with van der Waals surface area (Å²) in [6, 6.07) is 2.45. The number of allylic oxidation sites excluding steroid dienone is 3. The molecule has 0 saturated carbocycles. The van der Waals surface area contributed by atoms with E-state index < -0.39 is 0 Å². The molecule has 1 aliphatic heterocycles. The molecule has 0 radical (unpaired) electrons. The summed E-state index contributed by atoms with van der Waals surface area (Å²) in [7, 11) is 2.15. The van der Waals surface area contributed by atoms with Crippen molar-refractivity contribution in [2.45, 2.75) is 39.7 Å². The lowest BCUT2D eigenvalue weighted by molar-refractivity contribution is 0.198. The number of hydrogen-bond donors (Lipinski definition) is 0. The van der Waals surface area contributed by atoms with E-state index in [1.54, 1.807) is 6.20 Å². The van der Waals surface area contributed by atoms with Crippen LogP contribution in [0.4, 0.5) is 0 Å². The number of nitrogens with zero attached hydrogens (tertiary/aromatic N) is 2. The van der Waals surface area contributed by atoms with Gasteiger partial charge >= 0.3 is 0 Å². The van der Waals surface area contributed by atoms with E-state index in [1.807, 2.05) is 24.3 Å². The third-order valence-corrected chi connectivity index (χ3v) is 4.25. The molecule has 6 heteroatoms. The van der Waals surface area contributed by atoms with Crippen LogP contribution in [-0.2, 0) is 0 Å². The average Bonchev–Trinajstić information content (AvgIpc) is 2.88. The first-order valence-corrected chi connectivity index (χ1v) is 8.57. The predicted molar refractivity (Wildman–Crippen MR) is 113 cm³/mol. The zero-order valence-corrected chi connectivity index (χ0v) is 17.8. The Balaban J connectivity index is 0.00000288. The molecule has 1 fully saturated rings. The van der Waals surface area contributed by atoms with E-state index in [0.717, 1.165) is 17.9 Å². The van der Waals surface area contributed by atoms with Gasteiger partial charge in [0.05, 0.1) is 6.20 Å². The molecule has 0 N–H and O–H groups in total. The zero-order valence-electron chi connectivity index (χ0n) is 15.4. The first kappa shape index (κ1) is 24.3. The third kappa shape index (κ3) is 8.46. The van der Waals surface area contributed by atoms with E-state index in [2.05, 4.69) is 43.8 Å². The van der Waals surface area contributed by atoms with E-state index in [0.29, 0.717) is 17.8 Å². The molecular formula is C19H29Cl3N2O. The summed E-state index contributed by atoms with van der Waals surface area (Å²) < 4.78 is 5.90. The number of halogens is 3. The van der Waals surface area contributed by atoms with Crippen molar-refractivity contribution in [3.8, 4) is 5.75 Å². The summed E-state index contributed by atoms with van der Waals surface area (Å²) >= 11 is 6.17. The van der Waals surface area contributed by atoms with Crippen molar-refractivity contribution in [3.63, 3.8) is 0 Å². The van der Waals surface area contributed by atoms with Gasteiger partial charge in [-0.15, -0.1) is 24.8 Å².